The molecule has 17 heavy (non-hydrogen) atoms. The fraction of sp³-hybridized carbons (Fsp3) is 0.143. The summed E-state index contributed by atoms with van der Waals surface area (Å²) in [6.45, 7) is 2.50. The van der Waals surface area contributed by atoms with Crippen molar-refractivity contribution >= 4 is 11.6 Å². The number of hydrogen-bond acceptors (Lipinski definition) is 2. The molecule has 0 fully saturated rings. The molecule has 0 radical (unpaired) electrons. The summed E-state index contributed by atoms with van der Waals surface area (Å²) in [6, 6.07) is 13.4. The van der Waals surface area contributed by atoms with Gasteiger partial charge in [-0.25, -0.2) is 0 Å². The zero-order valence-electron chi connectivity index (χ0n) is 9.61. The van der Waals surface area contributed by atoms with Crippen molar-refractivity contribution in [1.82, 2.24) is 0 Å². The molecule has 3 heteroatoms. The molecule has 0 heterocycles. The van der Waals surface area contributed by atoms with Gasteiger partial charge in [-0.15, -0.1) is 0 Å². The second kappa shape index (κ2) is 5.21. The highest BCUT2D eigenvalue weighted by molar-refractivity contribution is 6.32. The third kappa shape index (κ3) is 2.99. The van der Waals surface area contributed by atoms with Crippen LogP contribution in [0.3, 0.4) is 0 Å². The van der Waals surface area contributed by atoms with Crippen molar-refractivity contribution in [3.63, 3.8) is 0 Å². The Labute approximate surface area is 106 Å². The summed E-state index contributed by atoms with van der Waals surface area (Å²) >= 11 is 6.07. The van der Waals surface area contributed by atoms with Crippen LogP contribution < -0.4 is 10.5 Å². The van der Waals surface area contributed by atoms with Gasteiger partial charge in [0.15, 0.2) is 0 Å². The van der Waals surface area contributed by atoms with Gasteiger partial charge in [-0.3, -0.25) is 0 Å². The van der Waals surface area contributed by atoms with E-state index >= 15 is 0 Å². The number of benzene rings is 2. The molecule has 0 unspecified atom stereocenters. The molecular weight excluding hydrogens is 234 g/mol. The number of ether oxygens (including phenoxy) is 1. The Morgan fingerprint density at radius 1 is 1.18 bits per heavy atom. The van der Waals surface area contributed by atoms with Crippen LogP contribution in [0, 0.1) is 6.92 Å². The van der Waals surface area contributed by atoms with Crippen molar-refractivity contribution in [3.8, 4) is 11.5 Å². The van der Waals surface area contributed by atoms with Crippen molar-refractivity contribution < 1.29 is 4.74 Å². The molecule has 2 nitrogen and oxygen atoms in total. The van der Waals surface area contributed by atoms with Gasteiger partial charge in [-0.1, -0.05) is 29.8 Å². The molecule has 0 saturated carbocycles. The van der Waals surface area contributed by atoms with E-state index < -0.39 is 0 Å². The third-order valence-electron chi connectivity index (χ3n) is 2.45. The quantitative estimate of drug-likeness (QED) is 0.893. The molecule has 0 atom stereocenters. The summed E-state index contributed by atoms with van der Waals surface area (Å²) in [6.07, 6.45) is 0. The van der Waals surface area contributed by atoms with E-state index in [4.69, 9.17) is 22.1 Å². The Morgan fingerprint density at radius 2 is 2.00 bits per heavy atom. The molecule has 2 N–H and O–H groups in total. The molecule has 0 spiro atoms. The Kier molecular flexibility index (Phi) is 3.67. The second-order valence-corrected chi connectivity index (χ2v) is 4.29. The monoisotopic (exact) mass is 247 g/mol. The van der Waals surface area contributed by atoms with E-state index in [0.717, 1.165) is 16.9 Å². The van der Waals surface area contributed by atoms with E-state index in [1.807, 2.05) is 49.4 Å². The Morgan fingerprint density at radius 3 is 2.76 bits per heavy atom. The molecule has 2 aromatic rings. The minimum atomic E-state index is 0.499. The maximum atomic E-state index is 6.07. The van der Waals surface area contributed by atoms with Gasteiger partial charge in [-0.05, 0) is 42.3 Å². The van der Waals surface area contributed by atoms with E-state index in [1.165, 1.54) is 0 Å². The van der Waals surface area contributed by atoms with Crippen LogP contribution in [-0.2, 0) is 6.54 Å². The fourth-order valence-corrected chi connectivity index (χ4v) is 1.71. The van der Waals surface area contributed by atoms with Gasteiger partial charge in [0.25, 0.3) is 0 Å². The van der Waals surface area contributed by atoms with Gasteiger partial charge in [0.05, 0.1) is 5.02 Å². The SMILES string of the molecule is Cc1ccc(Cl)c(Oc2cccc(CN)c2)c1. The highest BCUT2D eigenvalue weighted by atomic mass is 35.5. The van der Waals surface area contributed by atoms with Crippen LogP contribution in [0.25, 0.3) is 0 Å². The largest absolute Gasteiger partial charge is 0.456 e. The summed E-state index contributed by atoms with van der Waals surface area (Å²) in [4.78, 5) is 0. The lowest BCUT2D eigenvalue weighted by molar-refractivity contribution is 0.482. The highest BCUT2D eigenvalue weighted by Crippen LogP contribution is 2.30. The summed E-state index contributed by atoms with van der Waals surface area (Å²) in [7, 11) is 0. The minimum absolute atomic E-state index is 0.499. The first kappa shape index (κ1) is 12.0. The van der Waals surface area contributed by atoms with Crippen LogP contribution in [0.2, 0.25) is 5.02 Å². The molecule has 0 amide bonds. The molecular formula is C14H14ClNO. The van der Waals surface area contributed by atoms with E-state index in [0.29, 0.717) is 17.3 Å². The highest BCUT2D eigenvalue weighted by Gasteiger charge is 2.03. The minimum Gasteiger partial charge on any atom is -0.456 e. The van der Waals surface area contributed by atoms with Crippen molar-refractivity contribution in [3.05, 3.63) is 58.6 Å². The molecule has 2 rings (SSSR count). The molecule has 0 aliphatic heterocycles. The molecule has 88 valence electrons. The maximum absolute atomic E-state index is 6.07. The standard InChI is InChI=1S/C14H14ClNO/c1-10-5-6-13(15)14(7-10)17-12-4-2-3-11(8-12)9-16/h2-8H,9,16H2,1H3. The van der Waals surface area contributed by atoms with Crippen molar-refractivity contribution in [2.75, 3.05) is 0 Å². The summed E-state index contributed by atoms with van der Waals surface area (Å²) < 4.78 is 5.74. The lowest BCUT2D eigenvalue weighted by Crippen LogP contribution is -1.96. The average molecular weight is 248 g/mol. The average Bonchev–Trinajstić information content (AvgIpc) is 2.34. The number of hydrogen-bond donors (Lipinski definition) is 1. The van der Waals surface area contributed by atoms with Crippen molar-refractivity contribution in [1.29, 1.82) is 0 Å². The fourth-order valence-electron chi connectivity index (χ4n) is 1.55. The van der Waals surface area contributed by atoms with E-state index in [-0.39, 0.29) is 0 Å². The van der Waals surface area contributed by atoms with Crippen molar-refractivity contribution in [2.45, 2.75) is 13.5 Å². The number of aryl methyl sites for hydroxylation is 1. The molecule has 0 bridgehead atoms. The van der Waals surface area contributed by atoms with Crippen molar-refractivity contribution in [2.24, 2.45) is 5.73 Å². The van der Waals surface area contributed by atoms with Crippen LogP contribution in [0.15, 0.2) is 42.5 Å². The first-order valence-corrected chi connectivity index (χ1v) is 5.80. The van der Waals surface area contributed by atoms with Gasteiger partial charge in [-0.2, -0.15) is 0 Å². The van der Waals surface area contributed by atoms with Crippen LogP contribution in [0.4, 0.5) is 0 Å². The van der Waals surface area contributed by atoms with Gasteiger partial charge >= 0.3 is 0 Å². The first-order valence-electron chi connectivity index (χ1n) is 5.42. The number of rotatable bonds is 3. The normalized spacial score (nSPS) is 10.3. The third-order valence-corrected chi connectivity index (χ3v) is 2.76. The predicted molar refractivity (Wildman–Crippen MR) is 70.6 cm³/mol. The van der Waals surface area contributed by atoms with E-state index in [9.17, 15) is 0 Å². The summed E-state index contributed by atoms with van der Waals surface area (Å²) in [5.74, 6) is 1.42. The molecule has 2 aromatic carbocycles. The second-order valence-electron chi connectivity index (χ2n) is 3.89. The maximum Gasteiger partial charge on any atom is 0.146 e. The van der Waals surface area contributed by atoms with Gasteiger partial charge < -0.3 is 10.5 Å². The van der Waals surface area contributed by atoms with Crippen LogP contribution in [-0.4, -0.2) is 0 Å². The molecule has 0 saturated heterocycles. The number of halogens is 1. The summed E-state index contributed by atoms with van der Waals surface area (Å²) in [5.41, 5.74) is 7.73. The molecule has 0 aromatic heterocycles. The lowest BCUT2D eigenvalue weighted by Gasteiger charge is -2.09. The zero-order chi connectivity index (χ0) is 12.3. The van der Waals surface area contributed by atoms with Gasteiger partial charge in [0.2, 0.25) is 0 Å². The van der Waals surface area contributed by atoms with Gasteiger partial charge in [0, 0.05) is 6.54 Å². The smallest absolute Gasteiger partial charge is 0.146 e. The lowest BCUT2D eigenvalue weighted by atomic mass is 10.2. The Hall–Kier alpha value is -1.51. The zero-order valence-corrected chi connectivity index (χ0v) is 10.4. The molecule has 0 aliphatic carbocycles. The van der Waals surface area contributed by atoms with E-state index in [1.54, 1.807) is 0 Å². The van der Waals surface area contributed by atoms with E-state index in [2.05, 4.69) is 0 Å². The van der Waals surface area contributed by atoms with Crippen LogP contribution in [0.5, 0.6) is 11.5 Å². The number of nitrogens with two attached hydrogens (primary N) is 1. The Balaban J connectivity index is 2.27. The Bertz CT molecular complexity index is 525. The van der Waals surface area contributed by atoms with Crippen LogP contribution >= 0.6 is 11.6 Å². The topological polar surface area (TPSA) is 35.2 Å². The predicted octanol–water partition coefficient (Wildman–Crippen LogP) is 3.90. The first-order chi connectivity index (χ1) is 8.19. The summed E-state index contributed by atoms with van der Waals surface area (Å²) in [5, 5.41) is 0.605. The molecule has 0 aliphatic rings. The van der Waals surface area contributed by atoms with Gasteiger partial charge in [0.1, 0.15) is 11.5 Å². The van der Waals surface area contributed by atoms with Crippen LogP contribution in [0.1, 0.15) is 11.1 Å².